The first kappa shape index (κ1) is 16.0. The first-order chi connectivity index (χ1) is 8.90. The summed E-state index contributed by atoms with van der Waals surface area (Å²) in [4.78, 5) is 12.9. The molecule has 0 fully saturated rings. The molecule has 0 saturated heterocycles. The molecule has 0 unspecified atom stereocenters. The van der Waals surface area contributed by atoms with Crippen molar-refractivity contribution in [2.45, 2.75) is 40.5 Å². The first-order valence-corrected chi connectivity index (χ1v) is 7.82. The molecule has 1 rings (SSSR count). The minimum atomic E-state index is -0.847. The second-order valence-corrected chi connectivity index (χ2v) is 6.90. The average molecular weight is 283 g/mol. The second-order valence-electron chi connectivity index (χ2n) is 5.97. The Morgan fingerprint density at radius 2 is 1.84 bits per heavy atom. The van der Waals surface area contributed by atoms with E-state index in [0.29, 0.717) is 24.3 Å². The Balaban J connectivity index is 2.75. The Morgan fingerprint density at radius 3 is 2.21 bits per heavy atom. The average Bonchev–Trinajstić information content (AvgIpc) is 2.76. The van der Waals surface area contributed by atoms with Crippen molar-refractivity contribution in [3.63, 3.8) is 0 Å². The topological polar surface area (TPSA) is 40.5 Å². The highest BCUT2D eigenvalue weighted by molar-refractivity contribution is 7.14. The van der Waals surface area contributed by atoms with Crippen LogP contribution in [-0.4, -0.2) is 17.7 Å². The summed E-state index contributed by atoms with van der Waals surface area (Å²) in [5.41, 5.74) is 0. The maximum absolute atomic E-state index is 11.4. The predicted octanol–water partition coefficient (Wildman–Crippen LogP) is 4.94. The molecule has 19 heavy (non-hydrogen) atoms. The molecule has 0 aliphatic heterocycles. The van der Waals surface area contributed by atoms with Gasteiger partial charge in [0.15, 0.2) is 0 Å². The summed E-state index contributed by atoms with van der Waals surface area (Å²) in [5.74, 6) is 1.63. The van der Waals surface area contributed by atoms with Crippen LogP contribution < -0.4 is 4.90 Å². The van der Waals surface area contributed by atoms with Gasteiger partial charge in [-0.15, -0.1) is 11.3 Å². The van der Waals surface area contributed by atoms with Gasteiger partial charge in [0.1, 0.15) is 5.00 Å². The van der Waals surface area contributed by atoms with E-state index < -0.39 is 6.09 Å². The zero-order valence-electron chi connectivity index (χ0n) is 12.3. The van der Waals surface area contributed by atoms with E-state index in [1.807, 2.05) is 17.5 Å². The quantitative estimate of drug-likeness (QED) is 0.770. The first-order valence-electron chi connectivity index (χ1n) is 6.94. The zero-order valence-corrected chi connectivity index (χ0v) is 13.1. The molecule has 1 heterocycles. The van der Waals surface area contributed by atoms with Gasteiger partial charge in [-0.1, -0.05) is 27.7 Å². The van der Waals surface area contributed by atoms with Crippen LogP contribution in [0.25, 0.3) is 0 Å². The van der Waals surface area contributed by atoms with Gasteiger partial charge >= 0.3 is 6.09 Å². The Hall–Kier alpha value is -1.03. The summed E-state index contributed by atoms with van der Waals surface area (Å²) in [7, 11) is 0. The lowest BCUT2D eigenvalue weighted by molar-refractivity contribution is 0.199. The SMILES string of the molecule is CC(C)CC(CC(C)C)CN(C(=O)O)c1cccs1. The fourth-order valence-electron chi connectivity index (χ4n) is 2.52. The van der Waals surface area contributed by atoms with E-state index >= 15 is 0 Å². The molecule has 1 aromatic heterocycles. The Labute approximate surface area is 120 Å². The molecule has 0 radical (unpaired) electrons. The maximum atomic E-state index is 11.4. The number of nitrogens with zero attached hydrogens (tertiary/aromatic N) is 1. The van der Waals surface area contributed by atoms with Crippen LogP contribution in [-0.2, 0) is 0 Å². The lowest BCUT2D eigenvalue weighted by atomic mass is 9.89. The highest BCUT2D eigenvalue weighted by Gasteiger charge is 2.22. The van der Waals surface area contributed by atoms with Crippen molar-refractivity contribution < 1.29 is 9.90 Å². The van der Waals surface area contributed by atoms with Crippen LogP contribution in [0.3, 0.4) is 0 Å². The summed E-state index contributed by atoms with van der Waals surface area (Å²) >= 11 is 1.48. The van der Waals surface area contributed by atoms with Crippen LogP contribution in [0, 0.1) is 17.8 Å². The Bertz CT molecular complexity index is 364. The van der Waals surface area contributed by atoms with Crippen LogP contribution in [0.1, 0.15) is 40.5 Å². The fraction of sp³-hybridized carbons (Fsp3) is 0.667. The van der Waals surface area contributed by atoms with E-state index in [1.54, 1.807) is 0 Å². The molecule has 0 spiro atoms. The Kier molecular flexibility index (Phi) is 6.35. The van der Waals surface area contributed by atoms with Crippen LogP contribution in [0.4, 0.5) is 9.80 Å². The third kappa shape index (κ3) is 5.64. The van der Waals surface area contributed by atoms with Gasteiger partial charge in [0.25, 0.3) is 0 Å². The minimum absolute atomic E-state index is 0.429. The molecule has 0 aliphatic rings. The molecule has 108 valence electrons. The summed E-state index contributed by atoms with van der Waals surface area (Å²) < 4.78 is 0. The number of anilines is 1. The molecule has 1 N–H and O–H groups in total. The van der Waals surface area contributed by atoms with Crippen molar-refractivity contribution in [2.75, 3.05) is 11.4 Å². The molecule has 3 nitrogen and oxygen atoms in total. The summed E-state index contributed by atoms with van der Waals surface area (Å²) in [6.07, 6.45) is 1.31. The van der Waals surface area contributed by atoms with Gasteiger partial charge in [-0.05, 0) is 48.1 Å². The van der Waals surface area contributed by atoms with Crippen molar-refractivity contribution in [1.82, 2.24) is 0 Å². The minimum Gasteiger partial charge on any atom is -0.465 e. The molecular formula is C15H25NO2S. The van der Waals surface area contributed by atoms with Gasteiger partial charge in [-0.2, -0.15) is 0 Å². The van der Waals surface area contributed by atoms with E-state index in [9.17, 15) is 9.90 Å². The van der Waals surface area contributed by atoms with Gasteiger partial charge < -0.3 is 5.11 Å². The van der Waals surface area contributed by atoms with Crippen molar-refractivity contribution in [2.24, 2.45) is 17.8 Å². The second kappa shape index (κ2) is 7.53. The zero-order chi connectivity index (χ0) is 14.4. The lowest BCUT2D eigenvalue weighted by Gasteiger charge is -2.26. The monoisotopic (exact) mass is 283 g/mol. The van der Waals surface area contributed by atoms with Crippen LogP contribution >= 0.6 is 11.3 Å². The van der Waals surface area contributed by atoms with E-state index in [4.69, 9.17) is 0 Å². The molecule has 0 aliphatic carbocycles. The third-order valence-corrected chi connectivity index (χ3v) is 3.94. The van der Waals surface area contributed by atoms with E-state index in [0.717, 1.165) is 17.8 Å². The molecule has 0 bridgehead atoms. The standard InChI is InChI=1S/C15H25NO2S/c1-11(2)8-13(9-12(3)4)10-16(15(17)18)14-6-5-7-19-14/h5-7,11-13H,8-10H2,1-4H3,(H,17,18). The van der Waals surface area contributed by atoms with Crippen molar-refractivity contribution in [3.8, 4) is 0 Å². The molecule has 0 atom stereocenters. The number of thiophene rings is 1. The largest absolute Gasteiger partial charge is 0.465 e. The summed E-state index contributed by atoms with van der Waals surface area (Å²) in [6, 6.07) is 3.77. The lowest BCUT2D eigenvalue weighted by Crippen LogP contribution is -2.34. The molecule has 0 aromatic carbocycles. The van der Waals surface area contributed by atoms with E-state index in [1.165, 1.54) is 16.2 Å². The highest BCUT2D eigenvalue weighted by Crippen LogP contribution is 2.27. The fourth-order valence-corrected chi connectivity index (χ4v) is 3.26. The molecule has 0 saturated carbocycles. The number of hydrogen-bond acceptors (Lipinski definition) is 2. The maximum Gasteiger partial charge on any atom is 0.412 e. The smallest absolute Gasteiger partial charge is 0.412 e. The van der Waals surface area contributed by atoms with E-state index in [-0.39, 0.29) is 0 Å². The number of amides is 1. The summed E-state index contributed by atoms with van der Waals surface area (Å²) in [5, 5.41) is 12.1. The summed E-state index contributed by atoms with van der Waals surface area (Å²) in [6.45, 7) is 9.40. The third-order valence-electron chi connectivity index (χ3n) is 3.05. The van der Waals surface area contributed by atoms with Gasteiger partial charge in [-0.3, -0.25) is 4.90 Å². The number of rotatable bonds is 7. The van der Waals surface area contributed by atoms with Crippen LogP contribution in [0.15, 0.2) is 17.5 Å². The molecular weight excluding hydrogens is 258 g/mol. The van der Waals surface area contributed by atoms with Crippen molar-refractivity contribution >= 4 is 22.4 Å². The number of carbonyl (C=O) groups is 1. The van der Waals surface area contributed by atoms with Crippen molar-refractivity contribution in [3.05, 3.63) is 17.5 Å². The van der Waals surface area contributed by atoms with Crippen molar-refractivity contribution in [1.29, 1.82) is 0 Å². The predicted molar refractivity (Wildman–Crippen MR) is 82.1 cm³/mol. The molecule has 4 heteroatoms. The van der Waals surface area contributed by atoms with Crippen LogP contribution in [0.5, 0.6) is 0 Å². The van der Waals surface area contributed by atoms with Gasteiger partial charge in [-0.25, -0.2) is 4.79 Å². The van der Waals surface area contributed by atoms with Gasteiger partial charge in [0, 0.05) is 6.54 Å². The normalized spacial score (nSPS) is 11.5. The van der Waals surface area contributed by atoms with Gasteiger partial charge in [0.2, 0.25) is 0 Å². The van der Waals surface area contributed by atoms with Crippen LogP contribution in [0.2, 0.25) is 0 Å². The number of hydrogen-bond donors (Lipinski definition) is 1. The van der Waals surface area contributed by atoms with E-state index in [2.05, 4.69) is 27.7 Å². The Morgan fingerprint density at radius 1 is 1.26 bits per heavy atom. The van der Waals surface area contributed by atoms with Gasteiger partial charge in [0.05, 0.1) is 0 Å². The highest BCUT2D eigenvalue weighted by atomic mass is 32.1. The molecule has 1 amide bonds. The molecule has 1 aromatic rings. The number of carboxylic acid groups (broad SMARTS) is 1.